The van der Waals surface area contributed by atoms with Gasteiger partial charge in [-0.05, 0) is 11.8 Å². The van der Waals surface area contributed by atoms with Crippen LogP contribution in [0.15, 0.2) is 0 Å². The number of rotatable bonds is 7. The van der Waals surface area contributed by atoms with Gasteiger partial charge in [0.05, 0.1) is 6.61 Å². The van der Waals surface area contributed by atoms with Gasteiger partial charge in [0.25, 0.3) is 0 Å². The normalized spacial score (nSPS) is 11.1. The molecule has 0 aliphatic heterocycles. The van der Waals surface area contributed by atoms with E-state index in [-0.39, 0.29) is 5.41 Å². The molecular weight excluding hydrogens is 196 g/mol. The average molecular weight is 216 g/mol. The summed E-state index contributed by atoms with van der Waals surface area (Å²) in [5, 5.41) is 8.35. The van der Waals surface area contributed by atoms with Crippen molar-refractivity contribution < 1.29 is 19.4 Å². The molecule has 88 valence electrons. The molecule has 0 aromatic heterocycles. The maximum absolute atomic E-state index is 11.0. The first-order valence-corrected chi connectivity index (χ1v) is 5.25. The monoisotopic (exact) mass is 216 g/mol. The minimum Gasteiger partial charge on any atom is -0.481 e. The Hall–Kier alpha value is -1.06. The molecule has 0 aliphatic carbocycles. The fraction of sp³-hybridized carbons (Fsp3) is 0.818. The summed E-state index contributed by atoms with van der Waals surface area (Å²) in [6.45, 7) is 6.42. The molecule has 0 unspecified atom stereocenters. The average Bonchev–Trinajstić information content (AvgIpc) is 2.11. The molecule has 0 heterocycles. The van der Waals surface area contributed by atoms with Crippen LogP contribution in [0.5, 0.6) is 0 Å². The third-order valence-corrected chi connectivity index (χ3v) is 2.13. The highest BCUT2D eigenvalue weighted by Crippen LogP contribution is 2.23. The van der Waals surface area contributed by atoms with E-state index in [0.717, 1.165) is 19.3 Å². The van der Waals surface area contributed by atoms with Gasteiger partial charge in [0.2, 0.25) is 0 Å². The summed E-state index contributed by atoms with van der Waals surface area (Å²) < 4.78 is 4.89. The minimum absolute atomic E-state index is 0.0653. The predicted octanol–water partition coefficient (Wildman–Crippen LogP) is 2.22. The Morgan fingerprint density at radius 2 is 1.93 bits per heavy atom. The lowest BCUT2D eigenvalue weighted by atomic mass is 9.88. The van der Waals surface area contributed by atoms with Crippen molar-refractivity contribution in [2.45, 2.75) is 46.5 Å². The molecule has 15 heavy (non-hydrogen) atoms. The highest BCUT2D eigenvalue weighted by Gasteiger charge is 2.20. The van der Waals surface area contributed by atoms with Crippen molar-refractivity contribution in [3.63, 3.8) is 0 Å². The summed E-state index contributed by atoms with van der Waals surface area (Å²) in [7, 11) is 0. The van der Waals surface area contributed by atoms with Gasteiger partial charge in [0.15, 0.2) is 0 Å². The summed E-state index contributed by atoms with van der Waals surface area (Å²) in [4.78, 5) is 21.2. The predicted molar refractivity (Wildman–Crippen MR) is 56.5 cm³/mol. The molecule has 0 saturated carbocycles. The summed E-state index contributed by atoms with van der Waals surface area (Å²) >= 11 is 0. The maximum Gasteiger partial charge on any atom is 0.317 e. The van der Waals surface area contributed by atoms with Crippen LogP contribution < -0.4 is 0 Å². The number of carboxylic acid groups (broad SMARTS) is 1. The van der Waals surface area contributed by atoms with Crippen molar-refractivity contribution in [3.05, 3.63) is 0 Å². The fourth-order valence-electron chi connectivity index (χ4n) is 1.18. The van der Waals surface area contributed by atoms with Crippen LogP contribution in [0, 0.1) is 5.41 Å². The van der Waals surface area contributed by atoms with Gasteiger partial charge in [-0.15, -0.1) is 0 Å². The first-order chi connectivity index (χ1) is 6.87. The van der Waals surface area contributed by atoms with Crippen LogP contribution in [0.25, 0.3) is 0 Å². The van der Waals surface area contributed by atoms with Crippen LogP contribution in [-0.2, 0) is 14.3 Å². The van der Waals surface area contributed by atoms with Gasteiger partial charge in [-0.2, -0.15) is 0 Å². The van der Waals surface area contributed by atoms with E-state index in [9.17, 15) is 9.59 Å². The second-order valence-corrected chi connectivity index (χ2v) is 4.50. The molecular formula is C11H20O4. The van der Waals surface area contributed by atoms with Crippen LogP contribution in [0.3, 0.4) is 0 Å². The molecule has 1 N–H and O–H groups in total. The molecule has 4 heteroatoms. The van der Waals surface area contributed by atoms with Crippen molar-refractivity contribution in [3.8, 4) is 0 Å². The van der Waals surface area contributed by atoms with Gasteiger partial charge in [-0.1, -0.05) is 33.6 Å². The van der Waals surface area contributed by atoms with Gasteiger partial charge in [0, 0.05) is 0 Å². The molecule has 0 aromatic rings. The molecule has 4 nitrogen and oxygen atoms in total. The number of carbonyl (C=O) groups excluding carboxylic acids is 1. The third kappa shape index (κ3) is 7.97. The van der Waals surface area contributed by atoms with Gasteiger partial charge in [-0.3, -0.25) is 9.59 Å². The number of ether oxygens (including phenoxy) is 1. The number of hydrogen-bond acceptors (Lipinski definition) is 3. The first-order valence-electron chi connectivity index (χ1n) is 5.25. The topological polar surface area (TPSA) is 63.6 Å². The van der Waals surface area contributed by atoms with Crippen LogP contribution in [0.1, 0.15) is 46.5 Å². The van der Waals surface area contributed by atoms with Crippen molar-refractivity contribution in [2.75, 3.05) is 6.61 Å². The summed E-state index contributed by atoms with van der Waals surface area (Å²) in [6, 6.07) is 0. The second-order valence-electron chi connectivity index (χ2n) is 4.50. The summed E-state index contributed by atoms with van der Waals surface area (Å²) in [5.41, 5.74) is -0.0653. The van der Waals surface area contributed by atoms with Crippen molar-refractivity contribution in [2.24, 2.45) is 5.41 Å². The Bertz CT molecular complexity index is 221. The lowest BCUT2D eigenvalue weighted by Gasteiger charge is -2.23. The minimum atomic E-state index is -1.15. The standard InChI is InChI=1S/C11H20O4/c1-4-5-6-11(2,3)8-15-10(14)7-9(12)13/h4-8H2,1-3H3,(H,12,13). The zero-order valence-corrected chi connectivity index (χ0v) is 9.71. The van der Waals surface area contributed by atoms with Crippen molar-refractivity contribution in [1.82, 2.24) is 0 Å². The van der Waals surface area contributed by atoms with Crippen molar-refractivity contribution in [1.29, 1.82) is 0 Å². The second kappa shape index (κ2) is 6.43. The Morgan fingerprint density at radius 3 is 2.40 bits per heavy atom. The maximum atomic E-state index is 11.0. The van der Waals surface area contributed by atoms with E-state index in [0.29, 0.717) is 6.61 Å². The number of esters is 1. The molecule has 0 bridgehead atoms. The molecule has 0 amide bonds. The first kappa shape index (κ1) is 13.9. The Labute approximate surface area is 90.6 Å². The van der Waals surface area contributed by atoms with E-state index < -0.39 is 18.4 Å². The zero-order valence-electron chi connectivity index (χ0n) is 9.71. The van der Waals surface area contributed by atoms with Crippen LogP contribution in [0.2, 0.25) is 0 Å². The van der Waals surface area contributed by atoms with E-state index in [2.05, 4.69) is 6.92 Å². The number of carboxylic acids is 1. The molecule has 0 radical (unpaired) electrons. The van der Waals surface area contributed by atoms with Crippen LogP contribution in [-0.4, -0.2) is 23.7 Å². The Morgan fingerprint density at radius 1 is 1.33 bits per heavy atom. The number of hydrogen-bond donors (Lipinski definition) is 1. The van der Waals surface area contributed by atoms with Gasteiger partial charge < -0.3 is 9.84 Å². The van der Waals surface area contributed by atoms with Crippen molar-refractivity contribution >= 4 is 11.9 Å². The van der Waals surface area contributed by atoms with Gasteiger partial charge in [-0.25, -0.2) is 0 Å². The lowest BCUT2D eigenvalue weighted by Crippen LogP contribution is -2.23. The van der Waals surface area contributed by atoms with E-state index in [1.807, 2.05) is 13.8 Å². The molecule has 0 spiro atoms. The Kier molecular flexibility index (Phi) is 5.97. The van der Waals surface area contributed by atoms with E-state index in [1.54, 1.807) is 0 Å². The largest absolute Gasteiger partial charge is 0.481 e. The quantitative estimate of drug-likeness (QED) is 0.523. The van der Waals surface area contributed by atoms with Crippen LogP contribution >= 0.6 is 0 Å². The van der Waals surface area contributed by atoms with Gasteiger partial charge >= 0.3 is 11.9 Å². The lowest BCUT2D eigenvalue weighted by molar-refractivity contribution is -0.153. The molecule has 0 rings (SSSR count). The van der Waals surface area contributed by atoms with E-state index in [4.69, 9.17) is 9.84 Å². The zero-order chi connectivity index (χ0) is 11.9. The SMILES string of the molecule is CCCCC(C)(C)COC(=O)CC(=O)O. The van der Waals surface area contributed by atoms with Crippen LogP contribution in [0.4, 0.5) is 0 Å². The van der Waals surface area contributed by atoms with Gasteiger partial charge in [0.1, 0.15) is 6.42 Å². The van der Waals surface area contributed by atoms with E-state index >= 15 is 0 Å². The number of aliphatic carboxylic acids is 1. The molecule has 0 aliphatic rings. The molecule has 0 saturated heterocycles. The number of carbonyl (C=O) groups is 2. The third-order valence-electron chi connectivity index (χ3n) is 2.13. The Balaban J connectivity index is 3.81. The highest BCUT2D eigenvalue weighted by molar-refractivity contribution is 5.90. The molecule has 0 fully saturated rings. The summed E-state index contributed by atoms with van der Waals surface area (Å²) in [5.74, 6) is -1.81. The molecule has 0 aromatic carbocycles. The molecule has 0 atom stereocenters. The summed E-state index contributed by atoms with van der Waals surface area (Å²) in [6.07, 6.45) is 2.61. The smallest absolute Gasteiger partial charge is 0.317 e. The highest BCUT2D eigenvalue weighted by atomic mass is 16.5. The fourth-order valence-corrected chi connectivity index (χ4v) is 1.18. The number of unbranched alkanes of at least 4 members (excludes halogenated alkanes) is 1. The van der Waals surface area contributed by atoms with E-state index in [1.165, 1.54) is 0 Å².